The zero-order valence-corrected chi connectivity index (χ0v) is 27.2. The number of alkyl carbamates (subject to hydrolysis) is 1. The number of carbonyl (C=O) groups excluding carboxylic acids is 3. The Morgan fingerprint density at radius 2 is 1.63 bits per heavy atom. The number of rotatable bonds is 14. The van der Waals surface area contributed by atoms with Gasteiger partial charge in [0, 0.05) is 20.3 Å². The standard InChI is InChI=1S/C27H45N3O19/c1-10(32)28-16-13(34)6-26(22(41)42,48-19(16)17(36)14(35)7-31)46-9-15-18(37)20(38)27(44,30-11(2)33)23(47-15)45-8-12(21(39)40)29-24(43)49-25(3,4)5/h12-20,23,31,34-38,44H,6-9H2,1-5H3,(H,28,32)(H,29,43)(H,30,33)(H,39,40)(H,41,42)/t12-,13-,14+,15+,16+,17+,18-,19+,20-,23-,26-,27+/m0/s1. The van der Waals surface area contributed by atoms with E-state index in [0.29, 0.717) is 0 Å². The molecule has 0 aromatic rings. The number of ether oxygens (including phenoxy) is 5. The van der Waals surface area contributed by atoms with Gasteiger partial charge in [-0.2, -0.15) is 0 Å². The van der Waals surface area contributed by atoms with Crippen molar-refractivity contribution in [2.45, 2.75) is 119 Å². The lowest BCUT2D eigenvalue weighted by atomic mass is 9.88. The van der Waals surface area contributed by atoms with E-state index in [1.54, 1.807) is 0 Å². The van der Waals surface area contributed by atoms with E-state index < -0.39 is 134 Å². The van der Waals surface area contributed by atoms with Crippen molar-refractivity contribution in [1.82, 2.24) is 16.0 Å². The van der Waals surface area contributed by atoms with Crippen molar-refractivity contribution in [3.8, 4) is 0 Å². The molecule has 0 aliphatic carbocycles. The Bertz CT molecular complexity index is 1200. The lowest BCUT2D eigenvalue weighted by molar-refractivity contribution is -0.363. The van der Waals surface area contributed by atoms with Crippen LogP contribution in [0.2, 0.25) is 0 Å². The zero-order chi connectivity index (χ0) is 37.6. The number of amides is 3. The van der Waals surface area contributed by atoms with Crippen LogP contribution in [0.5, 0.6) is 0 Å². The molecule has 282 valence electrons. The number of aliphatic hydroxyl groups excluding tert-OH is 6. The van der Waals surface area contributed by atoms with E-state index in [1.807, 2.05) is 10.6 Å². The molecule has 22 heteroatoms. The number of nitrogens with one attached hydrogen (secondary N) is 3. The molecule has 0 saturated carbocycles. The second-order valence-corrected chi connectivity index (χ2v) is 12.5. The molecule has 0 aromatic carbocycles. The van der Waals surface area contributed by atoms with Crippen molar-refractivity contribution >= 4 is 29.8 Å². The lowest BCUT2D eigenvalue weighted by Crippen LogP contribution is -2.74. The first kappa shape index (κ1) is 41.9. The summed E-state index contributed by atoms with van der Waals surface area (Å²) in [4.78, 5) is 60.1. The molecule has 2 aliphatic rings. The highest BCUT2D eigenvalue weighted by molar-refractivity contribution is 5.80. The van der Waals surface area contributed by atoms with E-state index in [2.05, 4.69) is 5.32 Å². The minimum Gasteiger partial charge on any atom is -0.480 e. The molecule has 2 aliphatic heterocycles. The van der Waals surface area contributed by atoms with E-state index in [4.69, 9.17) is 23.7 Å². The number of hydrogen-bond acceptors (Lipinski definition) is 17. The van der Waals surface area contributed by atoms with Crippen LogP contribution in [-0.2, 0) is 42.9 Å². The Hall–Kier alpha value is -3.29. The fourth-order valence-corrected chi connectivity index (χ4v) is 4.97. The van der Waals surface area contributed by atoms with Gasteiger partial charge in [-0.3, -0.25) is 9.59 Å². The summed E-state index contributed by atoms with van der Waals surface area (Å²) in [6.07, 6.45) is -18.6. The average molecular weight is 716 g/mol. The normalized spacial score (nSPS) is 33.8. The van der Waals surface area contributed by atoms with Gasteiger partial charge in [-0.05, 0) is 20.8 Å². The highest BCUT2D eigenvalue weighted by atomic mass is 16.7. The quantitative estimate of drug-likeness (QED) is 0.0746. The maximum atomic E-state index is 12.5. The first-order valence-electron chi connectivity index (χ1n) is 14.8. The van der Waals surface area contributed by atoms with Crippen LogP contribution in [0.25, 0.3) is 0 Å². The van der Waals surface area contributed by atoms with Crippen LogP contribution < -0.4 is 16.0 Å². The fraction of sp³-hybridized carbons (Fsp3) is 0.815. The summed E-state index contributed by atoms with van der Waals surface area (Å²) >= 11 is 0. The van der Waals surface area contributed by atoms with Crippen molar-refractivity contribution in [2.24, 2.45) is 0 Å². The topological polar surface area (TPSA) is 350 Å². The maximum Gasteiger partial charge on any atom is 0.408 e. The molecule has 22 nitrogen and oxygen atoms in total. The van der Waals surface area contributed by atoms with Crippen molar-refractivity contribution in [1.29, 1.82) is 0 Å². The number of carboxylic acid groups (broad SMARTS) is 2. The van der Waals surface area contributed by atoms with Crippen LogP contribution in [-0.4, -0.2) is 174 Å². The molecule has 0 radical (unpaired) electrons. The largest absolute Gasteiger partial charge is 0.480 e. The van der Waals surface area contributed by atoms with Gasteiger partial charge in [-0.15, -0.1) is 0 Å². The van der Waals surface area contributed by atoms with E-state index in [0.717, 1.165) is 13.8 Å². The van der Waals surface area contributed by atoms with Gasteiger partial charge in [0.2, 0.25) is 23.8 Å². The number of carbonyl (C=O) groups is 5. The summed E-state index contributed by atoms with van der Waals surface area (Å²) in [5, 5.41) is 99.4. The maximum absolute atomic E-state index is 12.5. The first-order valence-corrected chi connectivity index (χ1v) is 14.8. The molecule has 0 spiro atoms. The second kappa shape index (κ2) is 16.6. The summed E-state index contributed by atoms with van der Waals surface area (Å²) in [6, 6.07) is -3.38. The van der Waals surface area contributed by atoms with Gasteiger partial charge in [-0.1, -0.05) is 0 Å². The van der Waals surface area contributed by atoms with Gasteiger partial charge >= 0.3 is 18.0 Å². The monoisotopic (exact) mass is 715 g/mol. The number of carboxylic acids is 2. The van der Waals surface area contributed by atoms with E-state index >= 15 is 0 Å². The Balaban J connectivity index is 2.38. The van der Waals surface area contributed by atoms with Crippen molar-refractivity contribution in [3.63, 3.8) is 0 Å². The molecule has 2 heterocycles. The molecular weight excluding hydrogens is 670 g/mol. The fourth-order valence-electron chi connectivity index (χ4n) is 4.97. The van der Waals surface area contributed by atoms with Crippen LogP contribution in [0.15, 0.2) is 0 Å². The molecule has 3 amide bonds. The van der Waals surface area contributed by atoms with E-state index in [1.165, 1.54) is 20.8 Å². The predicted molar refractivity (Wildman–Crippen MR) is 155 cm³/mol. The molecule has 0 unspecified atom stereocenters. The summed E-state index contributed by atoms with van der Waals surface area (Å²) in [7, 11) is 0. The Labute approximate surface area is 278 Å². The van der Waals surface area contributed by atoms with Gasteiger partial charge in [0.05, 0.1) is 32.0 Å². The van der Waals surface area contributed by atoms with Gasteiger partial charge in [0.1, 0.15) is 42.2 Å². The van der Waals surface area contributed by atoms with Crippen LogP contribution in [0.4, 0.5) is 4.79 Å². The third-order valence-corrected chi connectivity index (χ3v) is 7.26. The Kier molecular flexibility index (Phi) is 14.2. The number of aliphatic hydroxyl groups is 7. The molecule has 49 heavy (non-hydrogen) atoms. The lowest BCUT2D eigenvalue weighted by Gasteiger charge is -2.49. The molecule has 2 rings (SSSR count). The number of hydrogen-bond donors (Lipinski definition) is 12. The average Bonchev–Trinajstić information content (AvgIpc) is 2.97. The zero-order valence-electron chi connectivity index (χ0n) is 27.2. The molecule has 12 atom stereocenters. The molecule has 0 bridgehead atoms. The van der Waals surface area contributed by atoms with Crippen molar-refractivity contribution in [2.75, 3.05) is 19.8 Å². The van der Waals surface area contributed by atoms with Crippen LogP contribution in [0.1, 0.15) is 41.0 Å². The van der Waals surface area contributed by atoms with Gasteiger partial charge < -0.3 is 85.6 Å². The Morgan fingerprint density at radius 1 is 1.02 bits per heavy atom. The van der Waals surface area contributed by atoms with Gasteiger partial charge in [0.25, 0.3) is 5.79 Å². The van der Waals surface area contributed by atoms with Crippen LogP contribution in [0.3, 0.4) is 0 Å². The van der Waals surface area contributed by atoms with Crippen LogP contribution in [0, 0.1) is 0 Å². The molecular formula is C27H45N3O19. The third-order valence-electron chi connectivity index (χ3n) is 7.26. The molecule has 12 N–H and O–H groups in total. The molecule has 2 fully saturated rings. The van der Waals surface area contributed by atoms with Crippen LogP contribution >= 0.6 is 0 Å². The van der Waals surface area contributed by atoms with Crippen molar-refractivity contribution in [3.05, 3.63) is 0 Å². The molecule has 0 aromatic heterocycles. The second-order valence-electron chi connectivity index (χ2n) is 12.5. The predicted octanol–water partition coefficient (Wildman–Crippen LogP) is -5.58. The molecule has 2 saturated heterocycles. The summed E-state index contributed by atoms with van der Waals surface area (Å²) in [5.74, 6) is -8.21. The minimum atomic E-state index is -2.97. The van der Waals surface area contributed by atoms with E-state index in [9.17, 15) is 69.9 Å². The number of aliphatic carboxylic acids is 2. The smallest absolute Gasteiger partial charge is 0.408 e. The van der Waals surface area contributed by atoms with E-state index in [-0.39, 0.29) is 0 Å². The summed E-state index contributed by atoms with van der Waals surface area (Å²) in [5.41, 5.74) is -3.99. The van der Waals surface area contributed by atoms with Gasteiger partial charge in [0.15, 0.2) is 6.04 Å². The Morgan fingerprint density at radius 3 is 2.12 bits per heavy atom. The van der Waals surface area contributed by atoms with Crippen molar-refractivity contribution < 1.29 is 93.6 Å². The third kappa shape index (κ3) is 10.6. The first-order chi connectivity index (χ1) is 22.5. The minimum absolute atomic E-state index is 0.746. The SMILES string of the molecule is CC(=O)N[C@H]1[C@H]([C@H](O)[C@H](O)CO)O[C@](OC[C@H]2O[C@H](OC[C@H](NC(=O)OC(C)(C)C)C(=O)O)[C@@](O)(NC(C)=O)[C@@H](O)[C@H]2O)(C(=O)O)C[C@@H]1O. The highest BCUT2D eigenvalue weighted by Crippen LogP contribution is 2.36. The van der Waals surface area contributed by atoms with Gasteiger partial charge in [-0.25, -0.2) is 14.4 Å². The highest BCUT2D eigenvalue weighted by Gasteiger charge is 2.59. The summed E-state index contributed by atoms with van der Waals surface area (Å²) < 4.78 is 26.8. The summed E-state index contributed by atoms with van der Waals surface area (Å²) in [6.45, 7) is 3.36.